The van der Waals surface area contributed by atoms with Crippen LogP contribution in [0.3, 0.4) is 0 Å². The third-order valence-electron chi connectivity index (χ3n) is 29.1. The third-order valence-corrected chi connectivity index (χ3v) is 29.1. The van der Waals surface area contributed by atoms with Crippen molar-refractivity contribution in [1.29, 1.82) is 0 Å². The lowest BCUT2D eigenvalue weighted by molar-refractivity contribution is -0.397. The smallest absolute Gasteiger partial charge is 0.335 e. The Morgan fingerprint density at radius 2 is 0.959 bits per heavy atom. The number of aliphatic carboxylic acids is 1. The monoisotopic (exact) mass is 1740 g/mol. The first kappa shape index (κ1) is 94.6. The van der Waals surface area contributed by atoms with Gasteiger partial charge < -0.3 is 187 Å². The van der Waals surface area contributed by atoms with Gasteiger partial charge in [-0.25, -0.2) is 4.79 Å². The Balaban J connectivity index is 0.772. The largest absolute Gasteiger partial charge is 0.479 e. The summed E-state index contributed by atoms with van der Waals surface area (Å²) >= 11 is 0. The van der Waals surface area contributed by atoms with Crippen LogP contribution in [0.25, 0.3) is 0 Å². The van der Waals surface area contributed by atoms with Crippen LogP contribution < -0.4 is 0 Å². The molecule has 13 rings (SSSR count). The Kier molecular flexibility index (Phi) is 28.5. The Hall–Kier alpha value is -4.03. The van der Waals surface area contributed by atoms with Crippen LogP contribution in [0.15, 0.2) is 11.6 Å². The van der Waals surface area contributed by atoms with Crippen LogP contribution in [0, 0.1) is 50.2 Å². The quantitative estimate of drug-likeness (QED) is 0.0158. The SMILES string of the molecule is CC(=O)OC[C@H]1O[C@@H](O[C@H]2[C@@H](O)[C@H](O[C@H]3[C@H](OC(=O)[C@]45CCC(C)(C)C[C@H]4C4=CC[C@@H]6[C@@]7(C)CC[C@H](O[C@@H]8O[C@H](C(=O)O)[C@@H](O)[C@H](O[C@@H]9OC[C@H](O)[C@H](O)[C@H]9O)[C@H]8O[C@@H]8O[C@H](CO)[C@H](O)[C@H](O)[C@H]8O)[C@@](C)(C=O)[C@@H]7CC[C@@]6(C)[C@]4(C)CC5)O[C@H](C)[C@H](OC(C)=O)[C@@H]3O)O[C@@H](C)[C@@H]2O[C@@H]2OC[C@@H](O)[C@H](O[C@@H]3OC[C@H](O)[C@H](O)[C@H]3O)[C@H]2O)[C@H](O)[C@@H](O)[C@@H]1O. The van der Waals surface area contributed by atoms with Crippen molar-refractivity contribution in [3.05, 3.63) is 11.6 Å². The van der Waals surface area contributed by atoms with Crippen molar-refractivity contribution < 1.29 is 206 Å². The maximum absolute atomic E-state index is 16.2. The zero-order chi connectivity index (χ0) is 88.3. The number of carboxylic acids is 1. The number of ether oxygens (including phenoxy) is 18. The second-order valence-electron chi connectivity index (χ2n) is 37.0. The zero-order valence-corrected chi connectivity index (χ0v) is 68.8. The van der Waals surface area contributed by atoms with Crippen LogP contribution in [0.1, 0.15) is 133 Å². The summed E-state index contributed by atoms with van der Waals surface area (Å²) < 4.78 is 109. The molecule has 0 aromatic heterocycles. The van der Waals surface area contributed by atoms with Gasteiger partial charge in [0.25, 0.3) is 0 Å². The summed E-state index contributed by atoms with van der Waals surface area (Å²) in [5.74, 6) is -5.35. The number of esters is 3. The summed E-state index contributed by atoms with van der Waals surface area (Å²) in [5.41, 5.74) is -4.01. The van der Waals surface area contributed by atoms with Crippen LogP contribution in [0.4, 0.5) is 0 Å². The molecule has 5 aliphatic carbocycles. The first-order valence-corrected chi connectivity index (χ1v) is 41.6. The molecule has 8 saturated heterocycles. The maximum Gasteiger partial charge on any atom is 0.335 e. The van der Waals surface area contributed by atoms with Gasteiger partial charge >= 0.3 is 23.9 Å². The van der Waals surface area contributed by atoms with E-state index in [2.05, 4.69) is 40.7 Å². The van der Waals surface area contributed by atoms with E-state index in [4.69, 9.17) is 85.3 Å². The number of aliphatic hydroxyl groups is 18. The minimum Gasteiger partial charge on any atom is -0.479 e. The fraction of sp³-hybridized carbons (Fsp3) is 0.911. The number of aliphatic hydroxyl groups excluding tert-OH is 18. The summed E-state index contributed by atoms with van der Waals surface area (Å²) in [5, 5.41) is 211. The lowest BCUT2D eigenvalue weighted by atomic mass is 9.33. The van der Waals surface area contributed by atoms with Crippen LogP contribution in [-0.4, -0.2) is 394 Å². The average Bonchev–Trinajstić information content (AvgIpc) is 0.672. The second kappa shape index (κ2) is 36.5. The predicted molar refractivity (Wildman–Crippen MR) is 393 cm³/mol. The molecule has 0 spiro atoms. The van der Waals surface area contributed by atoms with Crippen molar-refractivity contribution in [2.75, 3.05) is 33.0 Å². The molecule has 19 N–H and O–H groups in total. The Morgan fingerprint density at radius 1 is 0.455 bits per heavy atom. The molecule has 12 fully saturated rings. The lowest BCUT2D eigenvalue weighted by Crippen LogP contribution is -2.69. The summed E-state index contributed by atoms with van der Waals surface area (Å²) in [7, 11) is 0. The van der Waals surface area contributed by atoms with Crippen LogP contribution in [0.5, 0.6) is 0 Å². The summed E-state index contributed by atoms with van der Waals surface area (Å²) in [6.45, 7) is 14.1. The third kappa shape index (κ3) is 17.4. The highest BCUT2D eigenvalue weighted by atomic mass is 16.8. The highest BCUT2D eigenvalue weighted by Crippen LogP contribution is 2.76. The molecule has 4 saturated carbocycles. The number of allylic oxidation sites excluding steroid dienone is 2. The number of carbonyl (C=O) groups is 5. The molecule has 0 aromatic carbocycles. The van der Waals surface area contributed by atoms with E-state index in [9.17, 15) is 116 Å². The van der Waals surface area contributed by atoms with Crippen LogP contribution in [0.2, 0.25) is 0 Å². The molecular weight excluding hydrogens is 1620 g/mol. The van der Waals surface area contributed by atoms with Gasteiger partial charge in [-0.3, -0.25) is 14.4 Å². The number of carbonyl (C=O) groups excluding carboxylic acids is 4. The van der Waals surface area contributed by atoms with Crippen LogP contribution >= 0.6 is 0 Å². The standard InChI is InChI=1S/C79H122O42/c1-28-56(110-31(4)83)52(97)62(119-70-55(100)60(117-69-51(96)47(92)45(90)38(112-69)26-104-30(3)82)57(29(2)108-70)114-67-54(99)58(36(86)25-107-67)115-65-48(93)42(87)34(84)23-105-65)71(109-28)121-73(103)79-19-17-74(5,6)21-33(79)32-11-12-40-75(7)15-14-41(76(8,27-81)39(75)13-16-78(40,10)77(32,9)18-20-79)113-72-63(120-68-50(95)46(91)44(89)37(22-80)111-68)59(53(98)61(118-72)64(101)102)116-66-49(94)43(88)35(85)24-106-66/h11,27-29,33-63,65-72,80,84-100H,12-26H2,1-10H3,(H,101,102)/t28-,29+,33+,34+,35+,36-,37-,38-,39-,40-,41+,42+,43+,44+,45-,46+,47+,48-,49-,50-,51-,52+,53+,54-,55-,56+,57+,58+,59+,60+,61+,62-,63-,65+,66+,67+,68+,69+,70+,71+,72-,75+,76+,77-,78-,79+/m1/s1. The van der Waals surface area contributed by atoms with Gasteiger partial charge in [0.2, 0.25) is 6.29 Å². The van der Waals surface area contributed by atoms with Crippen molar-refractivity contribution in [3.63, 3.8) is 0 Å². The van der Waals surface area contributed by atoms with E-state index in [1.165, 1.54) is 13.8 Å². The predicted octanol–water partition coefficient (Wildman–Crippen LogP) is -6.35. The normalized spacial score (nSPS) is 52.5. The van der Waals surface area contributed by atoms with Gasteiger partial charge in [-0.05, 0) is 117 Å². The number of fused-ring (bicyclic) bond motifs is 7. The molecule has 13 aliphatic rings. The number of hydrogen-bond acceptors (Lipinski definition) is 41. The van der Waals surface area contributed by atoms with E-state index in [1.807, 2.05) is 0 Å². The van der Waals surface area contributed by atoms with Crippen molar-refractivity contribution in [2.45, 2.75) is 367 Å². The van der Waals surface area contributed by atoms with Crippen molar-refractivity contribution >= 4 is 30.2 Å². The molecule has 0 bridgehead atoms. The summed E-state index contributed by atoms with van der Waals surface area (Å²) in [6.07, 6.45) is -63.5. The molecule has 46 atom stereocenters. The topological polar surface area (TPSA) is 636 Å². The molecular formula is C79H122O42. The molecule has 8 heterocycles. The first-order valence-electron chi connectivity index (χ1n) is 41.6. The van der Waals surface area contributed by atoms with Gasteiger partial charge in [0, 0.05) is 13.8 Å². The molecule has 690 valence electrons. The van der Waals surface area contributed by atoms with Gasteiger partial charge in [0.15, 0.2) is 62.3 Å². The minimum absolute atomic E-state index is 0.103. The van der Waals surface area contributed by atoms with Crippen molar-refractivity contribution in [3.8, 4) is 0 Å². The molecule has 0 aromatic rings. The summed E-state index contributed by atoms with van der Waals surface area (Å²) in [4.78, 5) is 68.5. The number of carboxylic acid groups (broad SMARTS) is 1. The summed E-state index contributed by atoms with van der Waals surface area (Å²) in [6, 6.07) is 0. The van der Waals surface area contributed by atoms with Gasteiger partial charge in [-0.15, -0.1) is 0 Å². The van der Waals surface area contributed by atoms with Gasteiger partial charge in [-0.2, -0.15) is 0 Å². The number of hydrogen-bond donors (Lipinski definition) is 19. The van der Waals surface area contributed by atoms with E-state index in [0.29, 0.717) is 51.4 Å². The first-order chi connectivity index (χ1) is 56.8. The molecule has 0 radical (unpaired) electrons. The zero-order valence-electron chi connectivity index (χ0n) is 68.8. The van der Waals surface area contributed by atoms with Gasteiger partial charge in [-0.1, -0.05) is 53.2 Å². The average molecular weight is 1740 g/mol. The molecule has 121 heavy (non-hydrogen) atoms. The van der Waals surface area contributed by atoms with E-state index in [-0.39, 0.29) is 24.2 Å². The molecule has 42 heteroatoms. The second-order valence-corrected chi connectivity index (χ2v) is 37.0. The Bertz CT molecular complexity index is 3640. The van der Waals surface area contributed by atoms with E-state index in [0.717, 1.165) is 25.7 Å². The fourth-order valence-electron chi connectivity index (χ4n) is 21.9. The van der Waals surface area contributed by atoms with Crippen molar-refractivity contribution in [1.82, 2.24) is 0 Å². The van der Waals surface area contributed by atoms with Crippen molar-refractivity contribution in [2.24, 2.45) is 50.2 Å². The maximum atomic E-state index is 16.2. The van der Waals surface area contributed by atoms with Crippen LogP contribution in [-0.2, 0) is 109 Å². The molecule has 8 aliphatic heterocycles. The minimum atomic E-state index is -2.24. The van der Waals surface area contributed by atoms with E-state index in [1.54, 1.807) is 6.92 Å². The van der Waals surface area contributed by atoms with Gasteiger partial charge in [0.1, 0.15) is 159 Å². The fourth-order valence-corrected chi connectivity index (χ4v) is 21.9. The molecule has 0 amide bonds. The molecule has 42 nitrogen and oxygen atoms in total. The molecule has 0 unspecified atom stereocenters. The van der Waals surface area contributed by atoms with E-state index < -0.39 is 329 Å². The number of aldehydes is 1. The highest BCUT2D eigenvalue weighted by Gasteiger charge is 2.72. The Labute approximate surface area is 695 Å². The van der Waals surface area contributed by atoms with E-state index >= 15 is 4.79 Å². The van der Waals surface area contributed by atoms with Gasteiger partial charge in [0.05, 0.1) is 55.6 Å². The Morgan fingerprint density at radius 3 is 1.55 bits per heavy atom. The highest BCUT2D eigenvalue weighted by molar-refractivity contribution is 5.79. The number of rotatable bonds is 22. The lowest BCUT2D eigenvalue weighted by Gasteiger charge is -2.71.